The summed E-state index contributed by atoms with van der Waals surface area (Å²) in [6.07, 6.45) is 0.0834. The Balaban J connectivity index is 1.68. The van der Waals surface area contributed by atoms with E-state index in [0.717, 1.165) is 25.3 Å². The van der Waals surface area contributed by atoms with E-state index < -0.39 is 5.97 Å². The fourth-order valence-electron chi connectivity index (χ4n) is 2.99. The van der Waals surface area contributed by atoms with Gasteiger partial charge in [0.05, 0.1) is 13.1 Å². The number of carboxylic acids is 1. The van der Waals surface area contributed by atoms with Crippen molar-refractivity contribution in [2.45, 2.75) is 19.5 Å². The summed E-state index contributed by atoms with van der Waals surface area (Å²) in [5, 5.41) is 8.81. The monoisotopic (exact) mass is 296 g/mol. The average molecular weight is 296 g/mol. The van der Waals surface area contributed by atoms with Crippen molar-refractivity contribution < 1.29 is 9.90 Å². The Morgan fingerprint density at radius 1 is 1.09 bits per heavy atom. The first-order valence-corrected chi connectivity index (χ1v) is 7.43. The molecule has 1 heterocycles. The molecule has 22 heavy (non-hydrogen) atoms. The summed E-state index contributed by atoms with van der Waals surface area (Å²) >= 11 is 0. The van der Waals surface area contributed by atoms with Gasteiger partial charge in [0.1, 0.15) is 0 Å². The van der Waals surface area contributed by atoms with Crippen LogP contribution in [0.3, 0.4) is 0 Å². The first-order valence-electron chi connectivity index (χ1n) is 7.43. The van der Waals surface area contributed by atoms with Crippen LogP contribution in [0.4, 0.5) is 5.69 Å². The van der Waals surface area contributed by atoms with Crippen LogP contribution in [0.2, 0.25) is 0 Å². The molecule has 2 aromatic carbocycles. The van der Waals surface area contributed by atoms with E-state index >= 15 is 0 Å². The maximum atomic E-state index is 10.7. The first-order chi connectivity index (χ1) is 10.6. The number of hydrogen-bond donors (Lipinski definition) is 1. The minimum absolute atomic E-state index is 0.0834. The van der Waals surface area contributed by atoms with Crippen LogP contribution in [0.25, 0.3) is 0 Å². The molecule has 1 N–H and O–H groups in total. The summed E-state index contributed by atoms with van der Waals surface area (Å²) in [6.45, 7) is 2.71. The van der Waals surface area contributed by atoms with Crippen molar-refractivity contribution in [2.24, 2.45) is 0 Å². The van der Waals surface area contributed by atoms with E-state index in [9.17, 15) is 4.79 Å². The second kappa shape index (κ2) is 6.20. The Hall–Kier alpha value is -2.33. The number of aliphatic carboxylic acids is 1. The molecule has 0 bridgehead atoms. The van der Waals surface area contributed by atoms with Crippen molar-refractivity contribution in [1.29, 1.82) is 0 Å². The molecule has 2 aromatic rings. The Morgan fingerprint density at radius 2 is 1.77 bits per heavy atom. The highest BCUT2D eigenvalue weighted by molar-refractivity contribution is 5.70. The van der Waals surface area contributed by atoms with Crippen LogP contribution >= 0.6 is 0 Å². The number of anilines is 1. The molecular formula is C18H20N2O2. The molecule has 114 valence electrons. The van der Waals surface area contributed by atoms with Crippen LogP contribution in [0.5, 0.6) is 0 Å². The van der Waals surface area contributed by atoms with Crippen LogP contribution in [-0.2, 0) is 24.3 Å². The van der Waals surface area contributed by atoms with E-state index in [1.54, 1.807) is 0 Å². The van der Waals surface area contributed by atoms with E-state index in [4.69, 9.17) is 5.11 Å². The molecule has 0 unspecified atom stereocenters. The number of benzene rings is 2. The molecule has 0 radical (unpaired) electrons. The molecule has 0 aromatic heterocycles. The van der Waals surface area contributed by atoms with Crippen molar-refractivity contribution >= 4 is 11.7 Å². The zero-order chi connectivity index (χ0) is 15.5. The fourth-order valence-corrected chi connectivity index (χ4v) is 2.99. The SMILES string of the molecule is CN1CN(Cc2ccc(CC(=O)O)cc2)Cc2ccccc21. The lowest BCUT2D eigenvalue weighted by atomic mass is 10.1. The van der Waals surface area contributed by atoms with Gasteiger partial charge in [0.2, 0.25) is 0 Å². The fraction of sp³-hybridized carbons (Fsp3) is 0.278. The van der Waals surface area contributed by atoms with Gasteiger partial charge >= 0.3 is 5.97 Å². The van der Waals surface area contributed by atoms with Gasteiger partial charge in [0.25, 0.3) is 0 Å². The standard InChI is InChI=1S/C18H20N2O2/c1-19-13-20(12-16-4-2-3-5-17(16)19)11-15-8-6-14(7-9-15)10-18(21)22/h2-9H,10-13H2,1H3,(H,21,22). The maximum Gasteiger partial charge on any atom is 0.307 e. The number of carbonyl (C=O) groups is 1. The van der Waals surface area contributed by atoms with Crippen molar-refractivity contribution in [1.82, 2.24) is 4.90 Å². The largest absolute Gasteiger partial charge is 0.481 e. The lowest BCUT2D eigenvalue weighted by Crippen LogP contribution is -2.39. The number of fused-ring (bicyclic) bond motifs is 1. The van der Waals surface area contributed by atoms with Crippen LogP contribution in [-0.4, -0.2) is 29.7 Å². The van der Waals surface area contributed by atoms with Crippen LogP contribution in [0.1, 0.15) is 16.7 Å². The minimum Gasteiger partial charge on any atom is -0.481 e. The van der Waals surface area contributed by atoms with Gasteiger partial charge in [-0.15, -0.1) is 0 Å². The molecule has 4 nitrogen and oxygen atoms in total. The van der Waals surface area contributed by atoms with Gasteiger partial charge in [-0.05, 0) is 22.8 Å². The lowest BCUT2D eigenvalue weighted by Gasteiger charge is -2.36. The van der Waals surface area contributed by atoms with E-state index in [0.29, 0.717) is 0 Å². The van der Waals surface area contributed by atoms with Gasteiger partial charge in [0.15, 0.2) is 0 Å². The molecular weight excluding hydrogens is 276 g/mol. The number of hydrogen-bond acceptors (Lipinski definition) is 3. The Morgan fingerprint density at radius 3 is 2.50 bits per heavy atom. The molecule has 4 heteroatoms. The van der Waals surface area contributed by atoms with E-state index in [1.165, 1.54) is 16.8 Å². The smallest absolute Gasteiger partial charge is 0.307 e. The van der Waals surface area contributed by atoms with Crippen LogP contribution < -0.4 is 4.90 Å². The van der Waals surface area contributed by atoms with E-state index in [2.05, 4.69) is 41.1 Å². The van der Waals surface area contributed by atoms with Crippen molar-refractivity contribution in [2.75, 3.05) is 18.6 Å². The minimum atomic E-state index is -0.790. The quantitative estimate of drug-likeness (QED) is 0.942. The molecule has 0 saturated carbocycles. The van der Waals surface area contributed by atoms with Gasteiger partial charge in [-0.3, -0.25) is 9.69 Å². The Kier molecular flexibility index (Phi) is 4.11. The second-order valence-electron chi connectivity index (χ2n) is 5.84. The highest BCUT2D eigenvalue weighted by atomic mass is 16.4. The van der Waals surface area contributed by atoms with E-state index in [-0.39, 0.29) is 6.42 Å². The summed E-state index contributed by atoms with van der Waals surface area (Å²) in [4.78, 5) is 15.4. The van der Waals surface area contributed by atoms with Gasteiger partial charge in [-0.2, -0.15) is 0 Å². The number of nitrogens with zero attached hydrogens (tertiary/aromatic N) is 2. The third kappa shape index (κ3) is 3.28. The maximum absolute atomic E-state index is 10.7. The van der Waals surface area contributed by atoms with Gasteiger partial charge < -0.3 is 10.0 Å². The zero-order valence-corrected chi connectivity index (χ0v) is 12.7. The predicted octanol–water partition coefficient (Wildman–Crippen LogP) is 2.72. The van der Waals surface area contributed by atoms with Gasteiger partial charge in [0, 0.05) is 25.8 Å². The third-order valence-corrected chi connectivity index (χ3v) is 3.99. The van der Waals surface area contributed by atoms with E-state index in [1.807, 2.05) is 24.3 Å². The predicted molar refractivity (Wildman–Crippen MR) is 86.7 cm³/mol. The highest BCUT2D eigenvalue weighted by Crippen LogP contribution is 2.26. The Bertz CT molecular complexity index is 667. The summed E-state index contributed by atoms with van der Waals surface area (Å²) < 4.78 is 0. The molecule has 1 aliphatic heterocycles. The summed E-state index contributed by atoms with van der Waals surface area (Å²) in [6, 6.07) is 16.4. The normalized spacial score (nSPS) is 14.7. The molecule has 0 amide bonds. The number of rotatable bonds is 4. The van der Waals surface area contributed by atoms with Crippen LogP contribution in [0, 0.1) is 0 Å². The molecule has 3 rings (SSSR count). The Labute approximate surface area is 130 Å². The zero-order valence-electron chi connectivity index (χ0n) is 12.7. The third-order valence-electron chi connectivity index (χ3n) is 3.99. The van der Waals surface area contributed by atoms with Gasteiger partial charge in [-0.25, -0.2) is 0 Å². The summed E-state index contributed by atoms with van der Waals surface area (Å²) in [5.74, 6) is -0.790. The van der Waals surface area contributed by atoms with Gasteiger partial charge in [-0.1, -0.05) is 42.5 Å². The van der Waals surface area contributed by atoms with Crippen molar-refractivity contribution in [3.05, 3.63) is 65.2 Å². The summed E-state index contributed by atoms with van der Waals surface area (Å²) in [7, 11) is 2.11. The average Bonchev–Trinajstić information content (AvgIpc) is 2.49. The molecule has 0 fully saturated rings. The molecule has 1 aliphatic rings. The summed E-state index contributed by atoms with van der Waals surface area (Å²) in [5.41, 5.74) is 4.70. The topological polar surface area (TPSA) is 43.8 Å². The molecule has 0 aliphatic carbocycles. The second-order valence-corrected chi connectivity index (χ2v) is 5.84. The van der Waals surface area contributed by atoms with Crippen molar-refractivity contribution in [3.63, 3.8) is 0 Å². The van der Waals surface area contributed by atoms with Crippen molar-refractivity contribution in [3.8, 4) is 0 Å². The molecule has 0 spiro atoms. The lowest BCUT2D eigenvalue weighted by molar-refractivity contribution is -0.136. The number of para-hydroxylation sites is 1. The first kappa shape index (κ1) is 14.6. The molecule has 0 atom stereocenters. The molecule has 0 saturated heterocycles. The van der Waals surface area contributed by atoms with Crippen LogP contribution in [0.15, 0.2) is 48.5 Å². The number of carboxylic acid groups (broad SMARTS) is 1. The highest BCUT2D eigenvalue weighted by Gasteiger charge is 2.19.